The Hall–Kier alpha value is -2.42. The second-order valence-electron chi connectivity index (χ2n) is 6.87. The maximum absolute atomic E-state index is 13.0. The first kappa shape index (κ1) is 20.8. The minimum Gasteiger partial charge on any atom is -0.351 e. The summed E-state index contributed by atoms with van der Waals surface area (Å²) < 4.78 is 2.37. The maximum atomic E-state index is 13.0. The van der Waals surface area contributed by atoms with Crippen molar-refractivity contribution in [1.82, 2.24) is 14.9 Å². The summed E-state index contributed by atoms with van der Waals surface area (Å²) in [4.78, 5) is 31.2. The number of carbonyl (C=O) groups is 1. The smallest absolute Gasteiger partial charge is 0.272 e. The van der Waals surface area contributed by atoms with Crippen LogP contribution in [0.1, 0.15) is 16.0 Å². The van der Waals surface area contributed by atoms with Crippen LogP contribution >= 0.6 is 34.4 Å². The molecule has 0 aliphatic heterocycles. The van der Waals surface area contributed by atoms with Crippen molar-refractivity contribution in [3.8, 4) is 0 Å². The molecule has 5 nitrogen and oxygen atoms in total. The molecule has 0 atom stereocenters. The molecule has 0 saturated heterocycles. The van der Waals surface area contributed by atoms with Gasteiger partial charge in [-0.05, 0) is 41.8 Å². The van der Waals surface area contributed by atoms with Crippen LogP contribution in [0.5, 0.6) is 0 Å². The van der Waals surface area contributed by atoms with Crippen LogP contribution in [0.25, 0.3) is 10.2 Å². The van der Waals surface area contributed by atoms with Crippen molar-refractivity contribution in [1.29, 1.82) is 0 Å². The minimum atomic E-state index is -0.0787. The fourth-order valence-corrected chi connectivity index (χ4v) is 5.33. The average Bonchev–Trinajstić information content (AvgIpc) is 3.43. The number of aromatic nitrogens is 2. The summed E-state index contributed by atoms with van der Waals surface area (Å²) in [6.07, 6.45) is 0.767. The van der Waals surface area contributed by atoms with Gasteiger partial charge in [-0.15, -0.1) is 22.7 Å². The Balaban J connectivity index is 1.45. The van der Waals surface area contributed by atoms with Gasteiger partial charge in [-0.3, -0.25) is 14.2 Å². The zero-order valence-corrected chi connectivity index (χ0v) is 18.9. The van der Waals surface area contributed by atoms with E-state index in [2.05, 4.69) is 16.4 Å². The number of thioether (sulfide) groups is 1. The van der Waals surface area contributed by atoms with E-state index in [-0.39, 0.29) is 17.2 Å². The molecule has 4 rings (SSSR count). The van der Waals surface area contributed by atoms with Crippen molar-refractivity contribution in [3.63, 3.8) is 0 Å². The first-order valence-electron chi connectivity index (χ1n) is 9.55. The summed E-state index contributed by atoms with van der Waals surface area (Å²) in [6.45, 7) is 3.07. The quantitative estimate of drug-likeness (QED) is 0.314. The fourth-order valence-electron chi connectivity index (χ4n) is 3.00. The predicted octanol–water partition coefficient (Wildman–Crippen LogP) is 4.48. The van der Waals surface area contributed by atoms with Crippen LogP contribution in [-0.4, -0.2) is 21.2 Å². The molecule has 3 heterocycles. The molecule has 0 fully saturated rings. The molecule has 0 bridgehead atoms. The first-order valence-corrected chi connectivity index (χ1v) is 12.3. The number of nitrogens with one attached hydrogen (secondary N) is 1. The lowest BCUT2D eigenvalue weighted by molar-refractivity contribution is -0.118. The first-order chi connectivity index (χ1) is 14.6. The van der Waals surface area contributed by atoms with Gasteiger partial charge in [0.15, 0.2) is 5.16 Å². The van der Waals surface area contributed by atoms with Gasteiger partial charge in [0, 0.05) is 18.0 Å². The second kappa shape index (κ2) is 9.59. The summed E-state index contributed by atoms with van der Waals surface area (Å²) in [5.41, 5.74) is 2.91. The highest BCUT2D eigenvalue weighted by molar-refractivity contribution is 7.99. The summed E-state index contributed by atoms with van der Waals surface area (Å²) in [5, 5.41) is 7.44. The Kier molecular flexibility index (Phi) is 6.66. The molecule has 0 saturated carbocycles. The zero-order chi connectivity index (χ0) is 20.9. The topological polar surface area (TPSA) is 64.0 Å². The number of nitrogens with zero attached hydrogens (tertiary/aromatic N) is 2. The third kappa shape index (κ3) is 5.00. The molecular formula is C22H21N3O2S3. The lowest BCUT2D eigenvalue weighted by atomic mass is 10.1. The van der Waals surface area contributed by atoms with Gasteiger partial charge in [0.1, 0.15) is 4.70 Å². The number of aryl methyl sites for hydroxylation is 2. The van der Waals surface area contributed by atoms with Crippen LogP contribution in [-0.2, 0) is 24.3 Å². The SMILES string of the molecule is Cc1ccc(CNC(=O)CSc2nc3ccsc3c(=O)n2CCc2cccs2)cc1. The van der Waals surface area contributed by atoms with Crippen molar-refractivity contribution in [2.75, 3.05) is 5.75 Å². The molecular weight excluding hydrogens is 434 g/mol. The van der Waals surface area contributed by atoms with Crippen LogP contribution in [0.2, 0.25) is 0 Å². The summed E-state index contributed by atoms with van der Waals surface area (Å²) in [5.74, 6) is 0.137. The van der Waals surface area contributed by atoms with E-state index in [0.717, 1.165) is 12.0 Å². The highest BCUT2D eigenvalue weighted by Crippen LogP contribution is 2.21. The van der Waals surface area contributed by atoms with Gasteiger partial charge in [0.2, 0.25) is 5.91 Å². The number of rotatable bonds is 8. The molecule has 0 aliphatic carbocycles. The normalized spacial score (nSPS) is 11.1. The molecule has 8 heteroatoms. The summed E-state index contributed by atoms with van der Waals surface area (Å²) in [6, 6.07) is 14.0. The van der Waals surface area contributed by atoms with Crippen molar-refractivity contribution >= 4 is 50.6 Å². The van der Waals surface area contributed by atoms with Gasteiger partial charge in [0.25, 0.3) is 5.56 Å². The van der Waals surface area contributed by atoms with E-state index in [4.69, 9.17) is 0 Å². The molecule has 30 heavy (non-hydrogen) atoms. The van der Waals surface area contributed by atoms with Gasteiger partial charge in [-0.2, -0.15) is 0 Å². The van der Waals surface area contributed by atoms with Crippen LogP contribution in [0.4, 0.5) is 0 Å². The molecule has 0 spiro atoms. The van der Waals surface area contributed by atoms with E-state index in [1.165, 1.54) is 33.5 Å². The molecule has 1 aromatic carbocycles. The number of hydrogen-bond acceptors (Lipinski definition) is 6. The van der Waals surface area contributed by atoms with Gasteiger partial charge >= 0.3 is 0 Å². The molecule has 4 aromatic rings. The molecule has 1 N–H and O–H groups in total. The minimum absolute atomic E-state index is 0.0332. The van der Waals surface area contributed by atoms with E-state index >= 15 is 0 Å². The van der Waals surface area contributed by atoms with Gasteiger partial charge in [-0.1, -0.05) is 47.7 Å². The fraction of sp³-hybridized carbons (Fsp3) is 0.227. The Labute approximate surface area is 186 Å². The lowest BCUT2D eigenvalue weighted by Crippen LogP contribution is -2.27. The Morgan fingerprint density at radius 1 is 1.13 bits per heavy atom. The third-order valence-corrected chi connectivity index (χ3v) is 7.44. The van der Waals surface area contributed by atoms with Crippen LogP contribution < -0.4 is 10.9 Å². The van der Waals surface area contributed by atoms with Crippen LogP contribution in [0, 0.1) is 6.92 Å². The van der Waals surface area contributed by atoms with Gasteiger partial charge in [-0.25, -0.2) is 4.98 Å². The third-order valence-electron chi connectivity index (χ3n) is 4.64. The Morgan fingerprint density at radius 2 is 1.97 bits per heavy atom. The maximum Gasteiger partial charge on any atom is 0.272 e. The van der Waals surface area contributed by atoms with E-state index < -0.39 is 0 Å². The highest BCUT2D eigenvalue weighted by atomic mass is 32.2. The Morgan fingerprint density at radius 3 is 2.73 bits per heavy atom. The standard InChI is InChI=1S/C22H21N3O2S3/c1-15-4-6-16(7-5-15)13-23-19(26)14-30-22-24-18-9-12-29-20(18)21(27)25(22)10-8-17-3-2-11-28-17/h2-7,9,11-12H,8,10,13-14H2,1H3,(H,23,26). The Bertz CT molecular complexity index is 1190. The van der Waals surface area contributed by atoms with Crippen molar-refractivity contribution in [2.24, 2.45) is 0 Å². The average molecular weight is 456 g/mol. The van der Waals surface area contributed by atoms with Crippen molar-refractivity contribution in [2.45, 2.75) is 31.6 Å². The van der Waals surface area contributed by atoms with Crippen LogP contribution in [0.15, 0.2) is 63.2 Å². The predicted molar refractivity (Wildman–Crippen MR) is 126 cm³/mol. The van der Waals surface area contributed by atoms with E-state index in [9.17, 15) is 9.59 Å². The molecule has 1 amide bonds. The number of fused-ring (bicyclic) bond motifs is 1. The van der Waals surface area contributed by atoms with E-state index in [0.29, 0.717) is 28.5 Å². The largest absolute Gasteiger partial charge is 0.351 e. The molecule has 0 unspecified atom stereocenters. The summed E-state index contributed by atoms with van der Waals surface area (Å²) >= 11 is 4.40. The van der Waals surface area contributed by atoms with E-state index in [1.54, 1.807) is 15.9 Å². The number of thiophene rings is 2. The van der Waals surface area contributed by atoms with Gasteiger partial charge < -0.3 is 5.32 Å². The molecule has 0 aliphatic rings. The number of amides is 1. The second-order valence-corrected chi connectivity index (χ2v) is 9.76. The molecule has 0 radical (unpaired) electrons. The number of hydrogen-bond donors (Lipinski definition) is 1. The number of carbonyl (C=O) groups excluding carboxylic acids is 1. The highest BCUT2D eigenvalue weighted by Gasteiger charge is 2.14. The zero-order valence-electron chi connectivity index (χ0n) is 16.5. The molecule has 3 aromatic heterocycles. The molecule has 154 valence electrons. The van der Waals surface area contributed by atoms with Gasteiger partial charge in [0.05, 0.1) is 11.3 Å². The lowest BCUT2D eigenvalue weighted by Gasteiger charge is -2.12. The monoisotopic (exact) mass is 455 g/mol. The van der Waals surface area contributed by atoms with E-state index in [1.807, 2.05) is 54.1 Å². The van der Waals surface area contributed by atoms with Crippen LogP contribution in [0.3, 0.4) is 0 Å². The number of benzene rings is 1. The van der Waals surface area contributed by atoms with Crippen molar-refractivity contribution in [3.05, 3.63) is 79.6 Å². The van der Waals surface area contributed by atoms with Crippen molar-refractivity contribution < 1.29 is 4.79 Å². The summed E-state index contributed by atoms with van der Waals surface area (Å²) in [7, 11) is 0.